The summed E-state index contributed by atoms with van der Waals surface area (Å²) >= 11 is 1.79. The number of aliphatic hydroxyl groups excluding tert-OH is 1. The maximum atomic E-state index is 13.9. The highest BCUT2D eigenvalue weighted by Crippen LogP contribution is 2.33. The molecule has 1 aromatic carbocycles. The monoisotopic (exact) mass is 277 g/mol. The Morgan fingerprint density at radius 1 is 1.37 bits per heavy atom. The molecule has 1 N–H and O–H groups in total. The van der Waals surface area contributed by atoms with E-state index in [4.69, 9.17) is 0 Å². The molecule has 100 valence electrons. The summed E-state index contributed by atoms with van der Waals surface area (Å²) in [5, 5.41) is 11.9. The molecule has 0 saturated carbocycles. The van der Waals surface area contributed by atoms with Crippen LogP contribution >= 0.6 is 11.3 Å². The number of rotatable bonds is 2. The van der Waals surface area contributed by atoms with Gasteiger partial charge in [-0.2, -0.15) is 0 Å². The molecule has 1 aliphatic rings. The van der Waals surface area contributed by atoms with Crippen molar-refractivity contribution in [2.45, 2.75) is 26.0 Å². The van der Waals surface area contributed by atoms with Crippen LogP contribution in [0.25, 0.3) is 0 Å². The summed E-state index contributed by atoms with van der Waals surface area (Å²) in [6, 6.07) is 7.14. The number of halogens is 1. The second-order valence-corrected chi connectivity index (χ2v) is 5.89. The standard InChI is InChI=1S/C15H16FNOS/c1-10(18)15-12(16)3-2-4-13(15)17-7-5-14-11(9-17)6-8-19-14/h2-4,6,8,10,18H,5,7,9H2,1H3. The molecular formula is C15H16FNOS. The number of anilines is 1. The van der Waals surface area contributed by atoms with E-state index in [-0.39, 0.29) is 5.82 Å². The fourth-order valence-electron chi connectivity index (χ4n) is 2.67. The second kappa shape index (κ2) is 4.94. The van der Waals surface area contributed by atoms with Crippen LogP contribution in [0.3, 0.4) is 0 Å². The number of hydrogen-bond acceptors (Lipinski definition) is 3. The SMILES string of the molecule is CC(O)c1c(F)cccc1N1CCc2sccc2C1. The minimum atomic E-state index is -0.792. The predicted octanol–water partition coefficient (Wildman–Crippen LogP) is 3.50. The first-order valence-corrected chi connectivity index (χ1v) is 7.31. The molecule has 0 radical (unpaired) electrons. The van der Waals surface area contributed by atoms with Crippen LogP contribution in [0.2, 0.25) is 0 Å². The zero-order valence-corrected chi connectivity index (χ0v) is 11.6. The van der Waals surface area contributed by atoms with Crippen molar-refractivity contribution >= 4 is 17.0 Å². The van der Waals surface area contributed by atoms with Gasteiger partial charge in [0, 0.05) is 29.2 Å². The topological polar surface area (TPSA) is 23.5 Å². The lowest BCUT2D eigenvalue weighted by Crippen LogP contribution is -2.30. The maximum absolute atomic E-state index is 13.9. The molecule has 4 heteroatoms. The van der Waals surface area contributed by atoms with Crippen LogP contribution in [0.5, 0.6) is 0 Å². The van der Waals surface area contributed by atoms with Gasteiger partial charge in [0.2, 0.25) is 0 Å². The van der Waals surface area contributed by atoms with Crippen molar-refractivity contribution < 1.29 is 9.50 Å². The zero-order valence-electron chi connectivity index (χ0n) is 10.8. The quantitative estimate of drug-likeness (QED) is 0.908. The second-order valence-electron chi connectivity index (χ2n) is 4.89. The molecule has 3 rings (SSSR count). The summed E-state index contributed by atoms with van der Waals surface area (Å²) in [7, 11) is 0. The predicted molar refractivity (Wildman–Crippen MR) is 76.1 cm³/mol. The fourth-order valence-corrected chi connectivity index (χ4v) is 3.56. The van der Waals surface area contributed by atoms with Crippen LogP contribution in [-0.2, 0) is 13.0 Å². The van der Waals surface area contributed by atoms with Crippen LogP contribution in [0.15, 0.2) is 29.6 Å². The average Bonchev–Trinajstić information content (AvgIpc) is 2.85. The molecule has 0 bridgehead atoms. The summed E-state index contributed by atoms with van der Waals surface area (Å²) in [5.41, 5.74) is 2.53. The highest BCUT2D eigenvalue weighted by atomic mass is 32.1. The van der Waals surface area contributed by atoms with Crippen molar-refractivity contribution in [3.8, 4) is 0 Å². The van der Waals surface area contributed by atoms with Crippen LogP contribution < -0.4 is 4.90 Å². The van der Waals surface area contributed by atoms with E-state index in [0.717, 1.165) is 25.2 Å². The summed E-state index contributed by atoms with van der Waals surface area (Å²) in [5.74, 6) is -0.330. The third kappa shape index (κ3) is 2.26. The number of nitrogens with zero attached hydrogens (tertiary/aromatic N) is 1. The van der Waals surface area contributed by atoms with Gasteiger partial charge in [-0.05, 0) is 42.5 Å². The van der Waals surface area contributed by atoms with Gasteiger partial charge in [-0.3, -0.25) is 0 Å². The molecule has 1 unspecified atom stereocenters. The molecular weight excluding hydrogens is 261 g/mol. The molecule has 1 aromatic heterocycles. The third-order valence-electron chi connectivity index (χ3n) is 3.60. The summed E-state index contributed by atoms with van der Waals surface area (Å²) in [6.07, 6.45) is 0.197. The number of fused-ring (bicyclic) bond motifs is 1. The molecule has 0 amide bonds. The van der Waals surface area contributed by atoms with Crippen LogP contribution in [0.4, 0.5) is 10.1 Å². The Kier molecular flexibility index (Phi) is 3.29. The summed E-state index contributed by atoms with van der Waals surface area (Å²) in [6.45, 7) is 3.28. The van der Waals surface area contributed by atoms with Gasteiger partial charge in [0.1, 0.15) is 5.82 Å². The van der Waals surface area contributed by atoms with Gasteiger partial charge in [0.15, 0.2) is 0 Å². The normalized spacial score (nSPS) is 16.3. The van der Waals surface area contributed by atoms with Gasteiger partial charge >= 0.3 is 0 Å². The number of hydrogen-bond donors (Lipinski definition) is 1. The number of aliphatic hydroxyl groups is 1. The van der Waals surface area contributed by atoms with Gasteiger partial charge in [0.25, 0.3) is 0 Å². The minimum Gasteiger partial charge on any atom is -0.389 e. The first kappa shape index (κ1) is 12.6. The Hall–Kier alpha value is -1.39. The van der Waals surface area contributed by atoms with Gasteiger partial charge in [0.05, 0.1) is 6.10 Å². The fraction of sp³-hybridized carbons (Fsp3) is 0.333. The summed E-state index contributed by atoms with van der Waals surface area (Å²) < 4.78 is 13.9. The van der Waals surface area contributed by atoms with E-state index in [1.54, 1.807) is 24.3 Å². The van der Waals surface area contributed by atoms with Crippen molar-refractivity contribution in [2.75, 3.05) is 11.4 Å². The first-order valence-electron chi connectivity index (χ1n) is 6.43. The van der Waals surface area contributed by atoms with Gasteiger partial charge < -0.3 is 10.0 Å². The largest absolute Gasteiger partial charge is 0.389 e. The molecule has 1 atom stereocenters. The molecule has 0 fully saturated rings. The zero-order chi connectivity index (χ0) is 13.4. The van der Waals surface area contributed by atoms with E-state index in [9.17, 15) is 9.50 Å². The van der Waals surface area contributed by atoms with Crippen molar-refractivity contribution in [1.82, 2.24) is 0 Å². The lowest BCUT2D eigenvalue weighted by Gasteiger charge is -2.31. The smallest absolute Gasteiger partial charge is 0.131 e. The van der Waals surface area contributed by atoms with E-state index < -0.39 is 6.10 Å². The van der Waals surface area contributed by atoms with Crippen LogP contribution in [-0.4, -0.2) is 11.7 Å². The molecule has 1 aliphatic heterocycles. The molecule has 2 heterocycles. The van der Waals surface area contributed by atoms with E-state index in [0.29, 0.717) is 5.56 Å². The molecule has 0 aliphatic carbocycles. The van der Waals surface area contributed by atoms with Gasteiger partial charge in [-0.1, -0.05) is 6.07 Å². The lowest BCUT2D eigenvalue weighted by molar-refractivity contribution is 0.194. The van der Waals surface area contributed by atoms with Crippen molar-refractivity contribution in [3.63, 3.8) is 0 Å². The number of benzene rings is 1. The summed E-state index contributed by atoms with van der Waals surface area (Å²) in [4.78, 5) is 3.58. The first-order chi connectivity index (χ1) is 9.16. The van der Waals surface area contributed by atoms with E-state index in [1.807, 2.05) is 6.07 Å². The Balaban J connectivity index is 1.98. The molecule has 0 spiro atoms. The Morgan fingerprint density at radius 3 is 3.00 bits per heavy atom. The molecule has 2 nitrogen and oxygen atoms in total. The van der Waals surface area contributed by atoms with Gasteiger partial charge in [-0.15, -0.1) is 11.3 Å². The van der Waals surface area contributed by atoms with Crippen molar-refractivity contribution in [1.29, 1.82) is 0 Å². The van der Waals surface area contributed by atoms with Crippen molar-refractivity contribution in [2.24, 2.45) is 0 Å². The molecule has 2 aromatic rings. The van der Waals surface area contributed by atoms with Crippen LogP contribution in [0, 0.1) is 5.82 Å². The highest BCUT2D eigenvalue weighted by Gasteiger charge is 2.22. The Morgan fingerprint density at radius 2 is 2.21 bits per heavy atom. The van der Waals surface area contributed by atoms with Gasteiger partial charge in [-0.25, -0.2) is 4.39 Å². The third-order valence-corrected chi connectivity index (χ3v) is 4.62. The van der Waals surface area contributed by atoms with Crippen molar-refractivity contribution in [3.05, 3.63) is 51.5 Å². The Labute approximate surface area is 116 Å². The van der Waals surface area contributed by atoms with E-state index in [2.05, 4.69) is 16.3 Å². The van der Waals surface area contributed by atoms with Crippen LogP contribution in [0.1, 0.15) is 29.0 Å². The molecule has 0 saturated heterocycles. The Bertz CT molecular complexity index is 594. The molecule has 19 heavy (non-hydrogen) atoms. The van der Waals surface area contributed by atoms with E-state index in [1.165, 1.54) is 16.5 Å². The maximum Gasteiger partial charge on any atom is 0.131 e. The minimum absolute atomic E-state index is 0.330. The average molecular weight is 277 g/mol. The highest BCUT2D eigenvalue weighted by molar-refractivity contribution is 7.10. The van der Waals surface area contributed by atoms with E-state index >= 15 is 0 Å². The number of thiophene rings is 1. The lowest BCUT2D eigenvalue weighted by atomic mass is 10.0.